The minimum absolute atomic E-state index is 0.0346. The summed E-state index contributed by atoms with van der Waals surface area (Å²) in [6.45, 7) is 12.8. The molecule has 0 spiro atoms. The van der Waals surface area contributed by atoms with Gasteiger partial charge in [0.05, 0.1) is 24.8 Å². The third-order valence-corrected chi connectivity index (χ3v) is 2.06. The quantitative estimate of drug-likeness (QED) is 0.824. The standard InChI is InChI=1S/C11H16N2O.2C2H6/c1-3-5-10(4-2)7-13-9-12-6-11(13)8-14;2*1-2/h3-6,9,14H,7-8H2,1-2H3;2*1-2H3/b5-3-,10-4+;;. The summed E-state index contributed by atoms with van der Waals surface area (Å²) >= 11 is 0. The predicted octanol–water partition coefficient (Wildman–Crippen LogP) is 3.95. The lowest BCUT2D eigenvalue weighted by atomic mass is 10.2. The molecule has 1 aromatic rings. The van der Waals surface area contributed by atoms with Crippen LogP contribution >= 0.6 is 0 Å². The Balaban J connectivity index is 0. The number of hydrogen-bond acceptors (Lipinski definition) is 2. The van der Waals surface area contributed by atoms with Gasteiger partial charge < -0.3 is 9.67 Å². The Morgan fingerprint density at radius 1 is 1.28 bits per heavy atom. The van der Waals surface area contributed by atoms with E-state index in [1.807, 2.05) is 52.2 Å². The summed E-state index contributed by atoms with van der Waals surface area (Å²) in [4.78, 5) is 3.99. The predicted molar refractivity (Wildman–Crippen MR) is 79.4 cm³/mol. The third-order valence-electron chi connectivity index (χ3n) is 2.06. The Bertz CT molecular complexity index is 338. The normalized spacial score (nSPS) is 10.5. The van der Waals surface area contributed by atoms with Crippen LogP contribution in [0.5, 0.6) is 0 Å². The third kappa shape index (κ3) is 7.07. The first-order chi connectivity index (χ1) is 8.81. The Labute approximate surface area is 112 Å². The van der Waals surface area contributed by atoms with Gasteiger partial charge in [0.25, 0.3) is 0 Å². The maximum atomic E-state index is 9.02. The fourth-order valence-electron chi connectivity index (χ4n) is 1.27. The fraction of sp³-hybridized carbons (Fsp3) is 0.533. The van der Waals surface area contributed by atoms with E-state index >= 15 is 0 Å². The van der Waals surface area contributed by atoms with Crippen molar-refractivity contribution in [2.45, 2.75) is 54.7 Å². The van der Waals surface area contributed by atoms with E-state index in [1.165, 1.54) is 5.57 Å². The average molecular weight is 252 g/mol. The average Bonchev–Trinajstić information content (AvgIpc) is 2.90. The molecule has 0 aliphatic carbocycles. The van der Waals surface area contributed by atoms with Crippen LogP contribution in [-0.2, 0) is 13.2 Å². The maximum Gasteiger partial charge on any atom is 0.0952 e. The van der Waals surface area contributed by atoms with Crippen molar-refractivity contribution in [3.63, 3.8) is 0 Å². The molecule has 0 fully saturated rings. The topological polar surface area (TPSA) is 38.0 Å². The zero-order chi connectivity index (χ0) is 14.4. The van der Waals surface area contributed by atoms with Crippen LogP contribution in [0.25, 0.3) is 0 Å². The summed E-state index contributed by atoms with van der Waals surface area (Å²) in [6.07, 6.45) is 9.54. The molecule has 1 N–H and O–H groups in total. The Morgan fingerprint density at radius 2 is 1.89 bits per heavy atom. The van der Waals surface area contributed by atoms with Crippen LogP contribution in [0.2, 0.25) is 0 Å². The van der Waals surface area contributed by atoms with Crippen molar-refractivity contribution < 1.29 is 5.11 Å². The molecule has 1 rings (SSSR count). The van der Waals surface area contributed by atoms with Gasteiger partial charge in [0.15, 0.2) is 0 Å². The van der Waals surface area contributed by atoms with Gasteiger partial charge in [-0.2, -0.15) is 0 Å². The zero-order valence-corrected chi connectivity index (χ0v) is 12.6. The summed E-state index contributed by atoms with van der Waals surface area (Å²) in [5.74, 6) is 0. The number of hydrogen-bond donors (Lipinski definition) is 1. The molecule has 0 saturated heterocycles. The lowest BCUT2D eigenvalue weighted by Crippen LogP contribution is -2.03. The first-order valence-electron chi connectivity index (χ1n) is 6.69. The molecule has 0 bridgehead atoms. The number of imidazole rings is 1. The fourth-order valence-corrected chi connectivity index (χ4v) is 1.27. The molecule has 0 aromatic carbocycles. The molecular formula is C15H28N2O. The zero-order valence-electron chi connectivity index (χ0n) is 12.6. The highest BCUT2D eigenvalue weighted by Crippen LogP contribution is 2.06. The van der Waals surface area contributed by atoms with E-state index in [0.29, 0.717) is 0 Å². The Morgan fingerprint density at radius 3 is 2.33 bits per heavy atom. The number of rotatable bonds is 4. The SMILES string of the molecule is C/C=C\C(=C/C)Cn1cncc1CO.CC.CC. The smallest absolute Gasteiger partial charge is 0.0952 e. The van der Waals surface area contributed by atoms with Crippen molar-refractivity contribution >= 4 is 0 Å². The second kappa shape index (κ2) is 13.7. The number of allylic oxidation sites excluding steroid dienone is 4. The molecular weight excluding hydrogens is 224 g/mol. The second-order valence-electron chi connectivity index (χ2n) is 3.03. The van der Waals surface area contributed by atoms with E-state index in [4.69, 9.17) is 5.11 Å². The van der Waals surface area contributed by atoms with Crippen LogP contribution in [-0.4, -0.2) is 14.7 Å². The van der Waals surface area contributed by atoms with Gasteiger partial charge in [-0.3, -0.25) is 0 Å². The highest BCUT2D eigenvalue weighted by atomic mass is 16.3. The van der Waals surface area contributed by atoms with Gasteiger partial charge in [-0.1, -0.05) is 45.9 Å². The largest absolute Gasteiger partial charge is 0.390 e. The summed E-state index contributed by atoms with van der Waals surface area (Å²) in [5.41, 5.74) is 2.05. The van der Waals surface area contributed by atoms with Crippen LogP contribution in [0, 0.1) is 0 Å². The van der Waals surface area contributed by atoms with Crippen LogP contribution in [0.15, 0.2) is 36.3 Å². The van der Waals surface area contributed by atoms with Gasteiger partial charge in [0.2, 0.25) is 0 Å². The first kappa shape index (κ1) is 19.0. The van der Waals surface area contributed by atoms with Crippen molar-refractivity contribution in [1.29, 1.82) is 0 Å². The molecule has 18 heavy (non-hydrogen) atoms. The number of aromatic nitrogens is 2. The minimum atomic E-state index is 0.0346. The van der Waals surface area contributed by atoms with Crippen molar-refractivity contribution in [2.24, 2.45) is 0 Å². The van der Waals surface area contributed by atoms with E-state index in [0.717, 1.165) is 12.2 Å². The molecule has 0 amide bonds. The molecule has 3 nitrogen and oxygen atoms in total. The van der Waals surface area contributed by atoms with E-state index < -0.39 is 0 Å². The molecule has 0 aliphatic rings. The van der Waals surface area contributed by atoms with E-state index in [9.17, 15) is 0 Å². The molecule has 0 atom stereocenters. The number of nitrogens with zero attached hydrogens (tertiary/aromatic N) is 2. The molecule has 0 radical (unpaired) electrons. The molecule has 1 heterocycles. The second-order valence-corrected chi connectivity index (χ2v) is 3.03. The highest BCUT2D eigenvalue weighted by molar-refractivity contribution is 5.18. The Hall–Kier alpha value is -1.35. The Kier molecular flexibility index (Phi) is 14.5. The highest BCUT2D eigenvalue weighted by Gasteiger charge is 2.00. The van der Waals surface area contributed by atoms with Crippen molar-refractivity contribution in [3.8, 4) is 0 Å². The van der Waals surface area contributed by atoms with Crippen LogP contribution in [0.1, 0.15) is 47.2 Å². The minimum Gasteiger partial charge on any atom is -0.390 e. The van der Waals surface area contributed by atoms with Gasteiger partial charge in [0.1, 0.15) is 0 Å². The maximum absolute atomic E-state index is 9.02. The lowest BCUT2D eigenvalue weighted by molar-refractivity contribution is 0.271. The molecule has 0 unspecified atom stereocenters. The number of aliphatic hydroxyl groups excluding tert-OH is 1. The number of aliphatic hydroxyl groups is 1. The van der Waals surface area contributed by atoms with Crippen molar-refractivity contribution in [3.05, 3.63) is 42.0 Å². The van der Waals surface area contributed by atoms with Gasteiger partial charge >= 0.3 is 0 Å². The monoisotopic (exact) mass is 252 g/mol. The van der Waals surface area contributed by atoms with Crippen LogP contribution < -0.4 is 0 Å². The summed E-state index contributed by atoms with van der Waals surface area (Å²) < 4.78 is 1.94. The van der Waals surface area contributed by atoms with E-state index in [1.54, 1.807) is 12.5 Å². The van der Waals surface area contributed by atoms with Gasteiger partial charge in [-0.25, -0.2) is 4.98 Å². The van der Waals surface area contributed by atoms with E-state index in [2.05, 4.69) is 17.1 Å². The van der Waals surface area contributed by atoms with Crippen molar-refractivity contribution in [1.82, 2.24) is 9.55 Å². The molecule has 1 aromatic heterocycles. The van der Waals surface area contributed by atoms with Gasteiger partial charge in [-0.15, -0.1) is 0 Å². The molecule has 3 heteroatoms. The first-order valence-corrected chi connectivity index (χ1v) is 6.69. The van der Waals surface area contributed by atoms with Gasteiger partial charge in [-0.05, 0) is 19.4 Å². The lowest BCUT2D eigenvalue weighted by Gasteiger charge is -2.06. The van der Waals surface area contributed by atoms with E-state index in [-0.39, 0.29) is 6.61 Å². The van der Waals surface area contributed by atoms with Crippen molar-refractivity contribution in [2.75, 3.05) is 0 Å². The molecule has 0 saturated carbocycles. The van der Waals surface area contributed by atoms with Gasteiger partial charge in [0, 0.05) is 6.54 Å². The molecule has 0 aliphatic heterocycles. The van der Waals surface area contributed by atoms with Crippen LogP contribution in [0.3, 0.4) is 0 Å². The summed E-state index contributed by atoms with van der Waals surface area (Å²) in [6, 6.07) is 0. The van der Waals surface area contributed by atoms with Crippen LogP contribution in [0.4, 0.5) is 0 Å². The summed E-state index contributed by atoms with van der Waals surface area (Å²) in [5, 5.41) is 9.02. The molecule has 104 valence electrons. The summed E-state index contributed by atoms with van der Waals surface area (Å²) in [7, 11) is 0.